The fraction of sp³-hybridized carbons (Fsp3) is 0.333. The van der Waals surface area contributed by atoms with Gasteiger partial charge in [-0.05, 0) is 34.1 Å². The Morgan fingerprint density at radius 1 is 1.32 bits per heavy atom. The van der Waals surface area contributed by atoms with E-state index in [0.29, 0.717) is 0 Å². The molecule has 7 nitrogen and oxygen atoms in total. The Labute approximate surface area is 120 Å². The first-order valence-electron chi connectivity index (χ1n) is 4.97. The van der Waals surface area contributed by atoms with Crippen LogP contribution in [0.2, 0.25) is 0 Å². The molecule has 0 saturated carbocycles. The molecule has 0 atom stereocenters. The number of nitrogens with two attached hydrogens (primary N) is 1. The summed E-state index contributed by atoms with van der Waals surface area (Å²) in [5.74, 6) is -0.202. The van der Waals surface area contributed by atoms with E-state index >= 15 is 0 Å². The van der Waals surface area contributed by atoms with Crippen LogP contribution in [0.25, 0.3) is 0 Å². The summed E-state index contributed by atoms with van der Waals surface area (Å²) in [6.45, 7) is 0.0578. The molecular weight excluding hydrogens is 360 g/mol. The number of hydrogen-bond donors (Lipinski definition) is 2. The van der Waals surface area contributed by atoms with Gasteiger partial charge < -0.3 is 4.74 Å². The Morgan fingerprint density at radius 2 is 1.95 bits per heavy atom. The molecule has 1 rings (SSSR count). The van der Waals surface area contributed by atoms with Crippen molar-refractivity contribution in [3.63, 3.8) is 0 Å². The van der Waals surface area contributed by atoms with Crippen LogP contribution < -0.4 is 9.86 Å². The highest BCUT2D eigenvalue weighted by Gasteiger charge is 2.14. The second-order valence-corrected chi connectivity index (χ2v) is 7.86. The van der Waals surface area contributed by atoms with E-state index in [0.717, 1.165) is 0 Å². The van der Waals surface area contributed by atoms with Crippen LogP contribution in [0.15, 0.2) is 27.6 Å². The van der Waals surface area contributed by atoms with Crippen molar-refractivity contribution < 1.29 is 21.6 Å². The summed E-state index contributed by atoms with van der Waals surface area (Å²) < 4.78 is 52.8. The third kappa shape index (κ3) is 5.07. The molecule has 0 radical (unpaired) electrons. The Balaban J connectivity index is 2.99. The predicted octanol–water partition coefficient (Wildman–Crippen LogP) is 0.485. The normalized spacial score (nSPS) is 12.4. The molecule has 108 valence electrons. The lowest BCUT2D eigenvalue weighted by Gasteiger charge is -2.10. The zero-order chi connectivity index (χ0) is 14.7. The number of methoxy groups -OCH3 is 1. The van der Waals surface area contributed by atoms with Crippen LogP contribution in [-0.2, 0) is 24.8 Å². The minimum absolute atomic E-state index is 0.0578. The van der Waals surface area contributed by atoms with Crippen molar-refractivity contribution in [2.75, 3.05) is 24.2 Å². The van der Waals surface area contributed by atoms with Crippen molar-refractivity contribution in [1.29, 1.82) is 0 Å². The van der Waals surface area contributed by atoms with E-state index in [9.17, 15) is 16.8 Å². The van der Waals surface area contributed by atoms with Crippen LogP contribution in [0.1, 0.15) is 0 Å². The highest BCUT2D eigenvalue weighted by atomic mass is 79.9. The van der Waals surface area contributed by atoms with Crippen molar-refractivity contribution in [2.45, 2.75) is 4.90 Å². The maximum atomic E-state index is 11.6. The van der Waals surface area contributed by atoms with E-state index in [4.69, 9.17) is 5.14 Å². The Hall–Kier alpha value is -0.680. The fourth-order valence-electron chi connectivity index (χ4n) is 1.17. The molecule has 0 aromatic heterocycles. The van der Waals surface area contributed by atoms with Crippen LogP contribution in [0.3, 0.4) is 0 Å². The molecule has 1 aromatic carbocycles. The monoisotopic (exact) mass is 372 g/mol. The number of benzene rings is 1. The van der Waals surface area contributed by atoms with Gasteiger partial charge >= 0.3 is 0 Å². The highest BCUT2D eigenvalue weighted by molar-refractivity contribution is 9.10. The number of hydrogen-bond acceptors (Lipinski definition) is 5. The van der Waals surface area contributed by atoms with Crippen LogP contribution in [0.4, 0.5) is 5.69 Å². The standard InChI is InChI=1S/C9H13BrN2O5S2/c1-17-4-5-18(13,14)12-9-3-2-7(6-8(9)10)19(11,15)16/h2-3,6,12H,4-5H2,1H3,(H2,11,15,16). The van der Waals surface area contributed by atoms with Gasteiger partial charge in [0.25, 0.3) is 0 Å². The van der Waals surface area contributed by atoms with Gasteiger partial charge in [-0.3, -0.25) is 4.72 Å². The summed E-state index contributed by atoms with van der Waals surface area (Å²) in [5.41, 5.74) is 0.225. The third-order valence-corrected chi connectivity index (χ3v) is 4.89. The molecule has 0 aliphatic rings. The van der Waals surface area contributed by atoms with Crippen molar-refractivity contribution in [3.8, 4) is 0 Å². The molecule has 0 unspecified atom stereocenters. The van der Waals surface area contributed by atoms with Crippen molar-refractivity contribution >= 4 is 41.7 Å². The van der Waals surface area contributed by atoms with Gasteiger partial charge in [-0.1, -0.05) is 0 Å². The number of sulfonamides is 2. The second kappa shape index (κ2) is 6.18. The average Bonchev–Trinajstić information content (AvgIpc) is 2.27. The van der Waals surface area contributed by atoms with Gasteiger partial charge in [-0.15, -0.1) is 0 Å². The van der Waals surface area contributed by atoms with Gasteiger partial charge in [-0.25, -0.2) is 22.0 Å². The molecule has 0 amide bonds. The summed E-state index contributed by atoms with van der Waals surface area (Å²) >= 11 is 3.08. The van der Waals surface area contributed by atoms with E-state index in [1.807, 2.05) is 0 Å². The number of ether oxygens (including phenoxy) is 1. The van der Waals surface area contributed by atoms with Crippen LogP contribution in [-0.4, -0.2) is 36.3 Å². The predicted molar refractivity (Wildman–Crippen MR) is 74.8 cm³/mol. The minimum Gasteiger partial charge on any atom is -0.384 e. The number of rotatable bonds is 6. The molecule has 0 aliphatic carbocycles. The van der Waals surface area contributed by atoms with Crippen molar-refractivity contribution in [3.05, 3.63) is 22.7 Å². The first-order chi connectivity index (χ1) is 8.65. The van der Waals surface area contributed by atoms with Gasteiger partial charge in [-0.2, -0.15) is 0 Å². The molecule has 19 heavy (non-hydrogen) atoms. The van der Waals surface area contributed by atoms with Gasteiger partial charge in [0.05, 0.1) is 22.9 Å². The maximum Gasteiger partial charge on any atom is 0.238 e. The zero-order valence-corrected chi connectivity index (χ0v) is 13.2. The Bertz CT molecular complexity index is 657. The molecular formula is C9H13BrN2O5S2. The molecule has 0 aliphatic heterocycles. The van der Waals surface area contributed by atoms with Gasteiger partial charge in [0.15, 0.2) is 0 Å². The lowest BCUT2D eigenvalue weighted by atomic mass is 10.3. The lowest BCUT2D eigenvalue weighted by Crippen LogP contribution is -2.20. The molecule has 0 spiro atoms. The van der Waals surface area contributed by atoms with E-state index in [1.165, 1.54) is 25.3 Å². The summed E-state index contributed by atoms with van der Waals surface area (Å²) in [6, 6.07) is 3.76. The quantitative estimate of drug-likeness (QED) is 0.753. The summed E-state index contributed by atoms with van der Waals surface area (Å²) in [6.07, 6.45) is 0. The van der Waals surface area contributed by atoms with Gasteiger partial charge in [0.1, 0.15) is 0 Å². The van der Waals surface area contributed by atoms with Crippen LogP contribution in [0.5, 0.6) is 0 Å². The average molecular weight is 373 g/mol. The molecule has 10 heteroatoms. The summed E-state index contributed by atoms with van der Waals surface area (Å²) in [4.78, 5) is -0.112. The number of primary sulfonamides is 1. The third-order valence-electron chi connectivity index (χ3n) is 2.09. The Morgan fingerprint density at radius 3 is 2.42 bits per heavy atom. The smallest absolute Gasteiger partial charge is 0.238 e. The number of halogens is 1. The van der Waals surface area contributed by atoms with Crippen LogP contribution >= 0.6 is 15.9 Å². The molecule has 0 saturated heterocycles. The van der Waals surface area contributed by atoms with E-state index in [-0.39, 0.29) is 27.4 Å². The molecule has 3 N–H and O–H groups in total. The van der Waals surface area contributed by atoms with E-state index < -0.39 is 20.0 Å². The Kier molecular flexibility index (Phi) is 5.33. The van der Waals surface area contributed by atoms with Crippen molar-refractivity contribution in [2.24, 2.45) is 5.14 Å². The number of anilines is 1. The first kappa shape index (κ1) is 16.4. The molecule has 1 aromatic rings. The van der Waals surface area contributed by atoms with Gasteiger partial charge in [0.2, 0.25) is 20.0 Å². The lowest BCUT2D eigenvalue weighted by molar-refractivity contribution is 0.217. The zero-order valence-electron chi connectivity index (χ0n) is 9.96. The second-order valence-electron chi connectivity index (χ2n) is 3.60. The fourth-order valence-corrected chi connectivity index (χ4v) is 3.47. The molecule has 0 fully saturated rings. The maximum absolute atomic E-state index is 11.6. The highest BCUT2D eigenvalue weighted by Crippen LogP contribution is 2.26. The minimum atomic E-state index is -3.83. The number of nitrogens with one attached hydrogen (secondary N) is 1. The summed E-state index contributed by atoms with van der Waals surface area (Å²) in [5, 5.41) is 4.96. The first-order valence-corrected chi connectivity index (χ1v) is 8.96. The van der Waals surface area contributed by atoms with E-state index in [2.05, 4.69) is 25.4 Å². The van der Waals surface area contributed by atoms with Crippen molar-refractivity contribution in [1.82, 2.24) is 0 Å². The summed E-state index contributed by atoms with van der Waals surface area (Å²) in [7, 11) is -5.99. The van der Waals surface area contributed by atoms with Crippen LogP contribution in [0, 0.1) is 0 Å². The molecule has 0 bridgehead atoms. The SMILES string of the molecule is COCCS(=O)(=O)Nc1ccc(S(N)(=O)=O)cc1Br. The largest absolute Gasteiger partial charge is 0.384 e. The molecule has 0 heterocycles. The topological polar surface area (TPSA) is 116 Å². The van der Waals surface area contributed by atoms with Gasteiger partial charge in [0, 0.05) is 11.6 Å². The van der Waals surface area contributed by atoms with E-state index in [1.54, 1.807) is 0 Å².